The van der Waals surface area contributed by atoms with Crippen molar-refractivity contribution in [2.75, 3.05) is 19.5 Å². The highest BCUT2D eigenvalue weighted by molar-refractivity contribution is 7.09. The van der Waals surface area contributed by atoms with Crippen LogP contribution in [0.1, 0.15) is 5.01 Å². The number of nitrogens with one attached hydrogen (secondary N) is 1. The molecule has 1 aromatic heterocycles. The molecule has 1 aromatic carbocycles. The molecule has 0 saturated carbocycles. The largest absolute Gasteiger partial charge is 0.497 e. The Morgan fingerprint density at radius 1 is 1.29 bits per heavy atom. The smallest absolute Gasteiger partial charge is 0.142 e. The van der Waals surface area contributed by atoms with Crippen LogP contribution in [-0.4, -0.2) is 19.2 Å². The first-order chi connectivity index (χ1) is 8.33. The van der Waals surface area contributed by atoms with Gasteiger partial charge in [0.25, 0.3) is 0 Å². The lowest BCUT2D eigenvalue weighted by molar-refractivity contribution is 0.404. The lowest BCUT2D eigenvalue weighted by atomic mass is 10.2. The third-order valence-electron chi connectivity index (χ3n) is 2.32. The van der Waals surface area contributed by atoms with E-state index in [0.29, 0.717) is 6.54 Å². The predicted molar refractivity (Wildman–Crippen MR) is 69.0 cm³/mol. The van der Waals surface area contributed by atoms with Crippen molar-refractivity contribution in [3.63, 3.8) is 0 Å². The van der Waals surface area contributed by atoms with Crippen molar-refractivity contribution < 1.29 is 9.47 Å². The minimum atomic E-state index is 0.682. The Morgan fingerprint density at radius 2 is 2.18 bits per heavy atom. The minimum absolute atomic E-state index is 0.682. The van der Waals surface area contributed by atoms with Crippen molar-refractivity contribution in [3.8, 4) is 11.5 Å². The van der Waals surface area contributed by atoms with E-state index in [0.717, 1.165) is 22.2 Å². The average Bonchev–Trinajstić information content (AvgIpc) is 2.89. The molecule has 0 bridgehead atoms. The van der Waals surface area contributed by atoms with E-state index in [1.165, 1.54) is 0 Å². The van der Waals surface area contributed by atoms with Gasteiger partial charge in [0, 0.05) is 17.6 Å². The zero-order valence-corrected chi connectivity index (χ0v) is 10.6. The number of anilines is 1. The zero-order chi connectivity index (χ0) is 12.1. The Morgan fingerprint density at radius 3 is 2.82 bits per heavy atom. The van der Waals surface area contributed by atoms with Crippen LogP contribution in [0.4, 0.5) is 5.69 Å². The van der Waals surface area contributed by atoms with E-state index < -0.39 is 0 Å². The summed E-state index contributed by atoms with van der Waals surface area (Å²) in [6.07, 6.45) is 1.80. The minimum Gasteiger partial charge on any atom is -0.497 e. The molecule has 0 unspecified atom stereocenters. The number of ether oxygens (including phenoxy) is 2. The van der Waals surface area contributed by atoms with E-state index >= 15 is 0 Å². The maximum Gasteiger partial charge on any atom is 0.142 e. The fourth-order valence-electron chi connectivity index (χ4n) is 1.46. The van der Waals surface area contributed by atoms with E-state index in [1.54, 1.807) is 31.8 Å². The SMILES string of the molecule is COc1ccc(OC)c(NCc2nccs2)c1. The average molecular weight is 250 g/mol. The number of thiazole rings is 1. The highest BCUT2D eigenvalue weighted by Gasteiger charge is 2.05. The van der Waals surface area contributed by atoms with Gasteiger partial charge in [-0.05, 0) is 12.1 Å². The molecule has 0 fully saturated rings. The molecule has 0 aliphatic heterocycles. The Hall–Kier alpha value is -1.75. The quantitative estimate of drug-likeness (QED) is 0.886. The molecule has 1 N–H and O–H groups in total. The molecule has 2 aromatic rings. The number of methoxy groups -OCH3 is 2. The zero-order valence-electron chi connectivity index (χ0n) is 9.77. The monoisotopic (exact) mass is 250 g/mol. The van der Waals surface area contributed by atoms with Crippen LogP contribution in [0.5, 0.6) is 11.5 Å². The molecule has 1 heterocycles. The number of rotatable bonds is 5. The van der Waals surface area contributed by atoms with E-state index in [9.17, 15) is 0 Å². The van der Waals surface area contributed by atoms with E-state index in [1.807, 2.05) is 23.6 Å². The third-order valence-corrected chi connectivity index (χ3v) is 3.10. The van der Waals surface area contributed by atoms with Crippen LogP contribution in [0.3, 0.4) is 0 Å². The van der Waals surface area contributed by atoms with Gasteiger partial charge in [-0.2, -0.15) is 0 Å². The molecule has 5 heteroatoms. The summed E-state index contributed by atoms with van der Waals surface area (Å²) in [6.45, 7) is 0.682. The van der Waals surface area contributed by atoms with Crippen LogP contribution in [-0.2, 0) is 6.54 Å². The number of nitrogens with zero attached hydrogens (tertiary/aromatic N) is 1. The second-order valence-corrected chi connectivity index (χ2v) is 4.32. The standard InChI is InChI=1S/C12H14N2O2S/c1-15-9-3-4-11(16-2)10(7-9)14-8-12-13-5-6-17-12/h3-7,14H,8H2,1-2H3. The lowest BCUT2D eigenvalue weighted by Gasteiger charge is -2.11. The van der Waals surface area contributed by atoms with Gasteiger partial charge in [-0.15, -0.1) is 11.3 Å². The maximum atomic E-state index is 5.28. The fraction of sp³-hybridized carbons (Fsp3) is 0.250. The van der Waals surface area contributed by atoms with Crippen LogP contribution >= 0.6 is 11.3 Å². The number of hydrogen-bond acceptors (Lipinski definition) is 5. The second-order valence-electron chi connectivity index (χ2n) is 3.35. The van der Waals surface area contributed by atoms with Crippen LogP contribution < -0.4 is 14.8 Å². The van der Waals surface area contributed by atoms with Gasteiger partial charge in [-0.3, -0.25) is 0 Å². The first-order valence-electron chi connectivity index (χ1n) is 5.17. The number of benzene rings is 1. The topological polar surface area (TPSA) is 43.4 Å². The molecule has 4 nitrogen and oxygen atoms in total. The Kier molecular flexibility index (Phi) is 3.82. The molecule has 0 spiro atoms. The van der Waals surface area contributed by atoms with E-state index in [2.05, 4.69) is 10.3 Å². The highest BCUT2D eigenvalue weighted by atomic mass is 32.1. The molecule has 0 saturated heterocycles. The summed E-state index contributed by atoms with van der Waals surface area (Å²) in [4.78, 5) is 4.21. The summed E-state index contributed by atoms with van der Waals surface area (Å²) in [7, 11) is 3.29. The van der Waals surface area contributed by atoms with Gasteiger partial charge < -0.3 is 14.8 Å². The summed E-state index contributed by atoms with van der Waals surface area (Å²) in [5, 5.41) is 6.28. The molecule has 0 atom stereocenters. The molecule has 0 amide bonds. The molecule has 90 valence electrons. The van der Waals surface area contributed by atoms with Crippen LogP contribution in [0, 0.1) is 0 Å². The normalized spacial score (nSPS) is 10.0. The van der Waals surface area contributed by atoms with Crippen molar-refractivity contribution >= 4 is 17.0 Å². The summed E-state index contributed by atoms with van der Waals surface area (Å²) in [6, 6.07) is 5.66. The first kappa shape index (κ1) is 11.7. The first-order valence-corrected chi connectivity index (χ1v) is 6.05. The van der Waals surface area contributed by atoms with Crippen LogP contribution in [0.25, 0.3) is 0 Å². The van der Waals surface area contributed by atoms with Crippen molar-refractivity contribution in [2.24, 2.45) is 0 Å². The number of aromatic nitrogens is 1. The molecule has 17 heavy (non-hydrogen) atoms. The van der Waals surface area contributed by atoms with Crippen LogP contribution in [0.15, 0.2) is 29.8 Å². The van der Waals surface area contributed by atoms with Gasteiger partial charge in [0.15, 0.2) is 0 Å². The molecule has 0 radical (unpaired) electrons. The summed E-state index contributed by atoms with van der Waals surface area (Å²) in [5.41, 5.74) is 0.905. The lowest BCUT2D eigenvalue weighted by Crippen LogP contribution is -2.01. The maximum absolute atomic E-state index is 5.28. The van der Waals surface area contributed by atoms with Crippen molar-refractivity contribution in [2.45, 2.75) is 6.54 Å². The third kappa shape index (κ3) is 2.88. The van der Waals surface area contributed by atoms with Gasteiger partial charge in [-0.25, -0.2) is 4.98 Å². The summed E-state index contributed by atoms with van der Waals surface area (Å²) in [5.74, 6) is 1.59. The second kappa shape index (κ2) is 5.54. The molecule has 0 aliphatic rings. The molecule has 0 aliphatic carbocycles. The molecular weight excluding hydrogens is 236 g/mol. The van der Waals surface area contributed by atoms with Gasteiger partial charge in [0.1, 0.15) is 16.5 Å². The van der Waals surface area contributed by atoms with Crippen molar-refractivity contribution in [1.82, 2.24) is 4.98 Å². The molecule has 2 rings (SSSR count). The predicted octanol–water partition coefficient (Wildman–Crippen LogP) is 2.77. The van der Waals surface area contributed by atoms with Gasteiger partial charge in [0.05, 0.1) is 26.5 Å². The van der Waals surface area contributed by atoms with Crippen molar-refractivity contribution in [3.05, 3.63) is 34.8 Å². The number of hydrogen-bond donors (Lipinski definition) is 1. The Balaban J connectivity index is 2.12. The fourth-order valence-corrected chi connectivity index (χ4v) is 2.02. The Labute approximate surface area is 104 Å². The van der Waals surface area contributed by atoms with Crippen molar-refractivity contribution in [1.29, 1.82) is 0 Å². The van der Waals surface area contributed by atoms with Gasteiger partial charge in [0.2, 0.25) is 0 Å². The van der Waals surface area contributed by atoms with Crippen LogP contribution in [0.2, 0.25) is 0 Å². The highest BCUT2D eigenvalue weighted by Crippen LogP contribution is 2.29. The summed E-state index contributed by atoms with van der Waals surface area (Å²) >= 11 is 1.62. The van der Waals surface area contributed by atoms with Gasteiger partial charge in [-0.1, -0.05) is 0 Å². The van der Waals surface area contributed by atoms with E-state index in [-0.39, 0.29) is 0 Å². The molecular formula is C12H14N2O2S. The van der Waals surface area contributed by atoms with Gasteiger partial charge >= 0.3 is 0 Å². The summed E-state index contributed by atoms with van der Waals surface area (Å²) < 4.78 is 10.5. The van der Waals surface area contributed by atoms with E-state index in [4.69, 9.17) is 9.47 Å². The Bertz CT molecular complexity index is 471.